The van der Waals surface area contributed by atoms with Gasteiger partial charge in [-0.3, -0.25) is 4.40 Å². The van der Waals surface area contributed by atoms with Gasteiger partial charge in [0.15, 0.2) is 5.65 Å². The summed E-state index contributed by atoms with van der Waals surface area (Å²) in [6.45, 7) is 0. The lowest BCUT2D eigenvalue weighted by Gasteiger charge is -2.15. The quantitative estimate of drug-likeness (QED) is 0.413. The van der Waals surface area contributed by atoms with Gasteiger partial charge in [0.05, 0.1) is 7.11 Å². The number of methoxy groups -OCH3 is 1. The van der Waals surface area contributed by atoms with Gasteiger partial charge < -0.3 is 9.47 Å². The van der Waals surface area contributed by atoms with Gasteiger partial charge in [-0.2, -0.15) is 13.2 Å². The normalized spacial score (nSPS) is 12.2. The fourth-order valence-corrected chi connectivity index (χ4v) is 3.02. The molecule has 0 amide bonds. The van der Waals surface area contributed by atoms with Crippen LogP contribution in [0.2, 0.25) is 0 Å². The molecule has 0 fully saturated rings. The highest BCUT2D eigenvalue weighted by Crippen LogP contribution is 2.37. The maximum absolute atomic E-state index is 13.2. The number of halogens is 6. The van der Waals surface area contributed by atoms with Crippen LogP contribution in [0.3, 0.4) is 0 Å². The molecule has 0 radical (unpaired) electrons. The van der Waals surface area contributed by atoms with E-state index in [1.165, 1.54) is 37.7 Å². The average molecular weight is 455 g/mol. The number of ether oxygens (including phenoxy) is 2. The molecule has 0 bridgehead atoms. The molecule has 7 nitrogen and oxygen atoms in total. The van der Waals surface area contributed by atoms with Gasteiger partial charge in [0.1, 0.15) is 5.75 Å². The molecule has 4 aromatic rings. The number of benzene rings is 1. The molecular formula is C19H11F6N5O2. The van der Waals surface area contributed by atoms with Crippen LogP contribution in [0.15, 0.2) is 48.9 Å². The molecule has 0 N–H and O–H groups in total. The Balaban J connectivity index is 1.89. The van der Waals surface area contributed by atoms with Crippen molar-refractivity contribution in [2.45, 2.75) is 12.5 Å². The van der Waals surface area contributed by atoms with E-state index in [0.717, 1.165) is 22.7 Å². The number of hydrogen-bond donors (Lipinski definition) is 0. The summed E-state index contributed by atoms with van der Waals surface area (Å²) in [6.07, 6.45) is -5.93. The summed E-state index contributed by atoms with van der Waals surface area (Å²) in [7, 11) is 1.34. The predicted molar refractivity (Wildman–Crippen MR) is 97.7 cm³/mol. The van der Waals surface area contributed by atoms with Crippen molar-refractivity contribution in [1.82, 2.24) is 24.6 Å². The summed E-state index contributed by atoms with van der Waals surface area (Å²) in [5.41, 5.74) is 0.986. The number of pyridine rings is 1. The Morgan fingerprint density at radius 1 is 0.844 bits per heavy atom. The van der Waals surface area contributed by atoms with E-state index in [1.807, 2.05) is 0 Å². The van der Waals surface area contributed by atoms with E-state index in [-0.39, 0.29) is 28.3 Å². The highest BCUT2D eigenvalue weighted by molar-refractivity contribution is 5.84. The zero-order valence-electron chi connectivity index (χ0n) is 15.9. The van der Waals surface area contributed by atoms with E-state index >= 15 is 0 Å². The van der Waals surface area contributed by atoms with Crippen molar-refractivity contribution in [3.8, 4) is 34.0 Å². The van der Waals surface area contributed by atoms with E-state index < -0.39 is 24.1 Å². The van der Waals surface area contributed by atoms with Gasteiger partial charge in [0.2, 0.25) is 5.82 Å². The van der Waals surface area contributed by atoms with Crippen LogP contribution in [0.1, 0.15) is 5.82 Å². The van der Waals surface area contributed by atoms with E-state index in [9.17, 15) is 26.3 Å². The fourth-order valence-electron chi connectivity index (χ4n) is 3.02. The van der Waals surface area contributed by atoms with Crippen LogP contribution in [0.25, 0.3) is 27.9 Å². The Morgan fingerprint density at radius 2 is 1.56 bits per heavy atom. The van der Waals surface area contributed by atoms with Crippen LogP contribution in [-0.2, 0) is 6.18 Å². The number of rotatable bonds is 4. The van der Waals surface area contributed by atoms with Crippen molar-refractivity contribution < 1.29 is 35.8 Å². The highest BCUT2D eigenvalue weighted by atomic mass is 19.4. The minimum Gasteiger partial charge on any atom is -0.467 e. The first-order valence-corrected chi connectivity index (χ1v) is 8.74. The first-order chi connectivity index (χ1) is 15.0. The maximum Gasteiger partial charge on any atom is 0.573 e. The lowest BCUT2D eigenvalue weighted by atomic mass is 9.96. The number of nitrogens with zero attached hydrogens (tertiary/aromatic N) is 5. The maximum atomic E-state index is 13.2. The van der Waals surface area contributed by atoms with Gasteiger partial charge in [-0.25, -0.2) is 9.97 Å². The zero-order chi connectivity index (χ0) is 23.1. The summed E-state index contributed by atoms with van der Waals surface area (Å²) in [4.78, 5) is 7.86. The van der Waals surface area contributed by atoms with Crippen LogP contribution in [0.4, 0.5) is 26.3 Å². The molecule has 0 aliphatic heterocycles. The molecule has 0 unspecified atom stereocenters. The smallest absolute Gasteiger partial charge is 0.467 e. The molecular weight excluding hydrogens is 444 g/mol. The molecule has 1 aromatic carbocycles. The van der Waals surface area contributed by atoms with Crippen LogP contribution in [-0.4, -0.2) is 38.0 Å². The van der Waals surface area contributed by atoms with Gasteiger partial charge in [0, 0.05) is 24.2 Å². The standard InChI is InChI=1S/C19H11F6N5O2/c1-31-17-26-7-11(8-27-17)14-6-12(32-19(23,24)25)3-4-13(14)10-2-5-15-28-29-16(18(20,21)22)30(15)9-10/h2-9H,1H3. The largest absolute Gasteiger partial charge is 0.573 e. The fraction of sp³-hybridized carbons (Fsp3) is 0.158. The summed E-state index contributed by atoms with van der Waals surface area (Å²) < 4.78 is 87.4. The van der Waals surface area contributed by atoms with Crippen molar-refractivity contribution in [1.29, 1.82) is 0 Å². The minimum atomic E-state index is -4.93. The van der Waals surface area contributed by atoms with Crippen LogP contribution >= 0.6 is 0 Å². The second-order valence-electron chi connectivity index (χ2n) is 6.38. The molecule has 13 heteroatoms. The Morgan fingerprint density at radius 3 is 2.19 bits per heavy atom. The average Bonchev–Trinajstić information content (AvgIpc) is 3.16. The Hall–Kier alpha value is -3.90. The third-order valence-electron chi connectivity index (χ3n) is 4.31. The van der Waals surface area contributed by atoms with E-state index in [2.05, 4.69) is 24.9 Å². The van der Waals surface area contributed by atoms with E-state index in [0.29, 0.717) is 5.56 Å². The first kappa shape index (κ1) is 21.3. The molecule has 0 spiro atoms. The van der Waals surface area contributed by atoms with Gasteiger partial charge in [-0.05, 0) is 41.0 Å². The molecule has 0 aliphatic carbocycles. The van der Waals surface area contributed by atoms with E-state index in [1.54, 1.807) is 0 Å². The summed E-state index contributed by atoms with van der Waals surface area (Å²) >= 11 is 0. The molecule has 4 rings (SSSR count). The van der Waals surface area contributed by atoms with Crippen molar-refractivity contribution in [3.05, 3.63) is 54.7 Å². The Bertz CT molecular complexity index is 1270. The summed E-state index contributed by atoms with van der Waals surface area (Å²) in [5.74, 6) is -1.76. The molecule has 0 atom stereocenters. The first-order valence-electron chi connectivity index (χ1n) is 8.74. The lowest BCUT2D eigenvalue weighted by Crippen LogP contribution is -2.17. The molecule has 3 heterocycles. The van der Waals surface area contributed by atoms with Gasteiger partial charge >= 0.3 is 18.5 Å². The molecule has 0 aliphatic rings. The molecule has 166 valence electrons. The molecule has 0 saturated carbocycles. The van der Waals surface area contributed by atoms with Crippen molar-refractivity contribution >= 4 is 5.65 Å². The van der Waals surface area contributed by atoms with Gasteiger partial charge in [0.25, 0.3) is 0 Å². The number of hydrogen-bond acceptors (Lipinski definition) is 6. The van der Waals surface area contributed by atoms with Crippen molar-refractivity contribution in [2.24, 2.45) is 0 Å². The Kier molecular flexibility index (Phi) is 5.11. The van der Waals surface area contributed by atoms with Crippen LogP contribution in [0, 0.1) is 0 Å². The minimum absolute atomic E-state index is 0.0266. The van der Waals surface area contributed by atoms with Crippen molar-refractivity contribution in [3.63, 3.8) is 0 Å². The third kappa shape index (κ3) is 4.26. The highest BCUT2D eigenvalue weighted by Gasteiger charge is 2.37. The molecule has 3 aromatic heterocycles. The summed E-state index contributed by atoms with van der Waals surface area (Å²) in [5, 5.41) is 6.65. The van der Waals surface area contributed by atoms with Crippen LogP contribution < -0.4 is 9.47 Å². The summed E-state index contributed by atoms with van der Waals surface area (Å²) in [6, 6.07) is 6.24. The number of aromatic nitrogens is 5. The lowest BCUT2D eigenvalue weighted by molar-refractivity contribution is -0.274. The second-order valence-corrected chi connectivity index (χ2v) is 6.38. The Labute approximate surface area is 175 Å². The number of alkyl halides is 6. The van der Waals surface area contributed by atoms with E-state index in [4.69, 9.17) is 4.74 Å². The second kappa shape index (κ2) is 7.66. The SMILES string of the molecule is COc1ncc(-c2cc(OC(F)(F)F)ccc2-c2ccc3nnc(C(F)(F)F)n3c2)cn1. The third-order valence-corrected chi connectivity index (χ3v) is 4.31. The zero-order valence-corrected chi connectivity index (χ0v) is 15.9. The van der Waals surface area contributed by atoms with Crippen molar-refractivity contribution in [2.75, 3.05) is 7.11 Å². The predicted octanol–water partition coefficient (Wildman–Crippen LogP) is 4.78. The monoisotopic (exact) mass is 455 g/mol. The topological polar surface area (TPSA) is 74.4 Å². The van der Waals surface area contributed by atoms with Gasteiger partial charge in [-0.1, -0.05) is 6.07 Å². The van der Waals surface area contributed by atoms with Gasteiger partial charge in [-0.15, -0.1) is 23.4 Å². The van der Waals surface area contributed by atoms with Crippen LogP contribution in [0.5, 0.6) is 11.8 Å². The number of fused-ring (bicyclic) bond motifs is 1. The molecule has 32 heavy (non-hydrogen) atoms. The molecule has 0 saturated heterocycles.